The average molecular weight is 245 g/mol. The van der Waals surface area contributed by atoms with Gasteiger partial charge in [-0.25, -0.2) is 0 Å². The molecule has 0 saturated heterocycles. The molecular formula is C12H17ClOS. The summed E-state index contributed by atoms with van der Waals surface area (Å²) in [7, 11) is 0. The minimum Gasteiger partial charge on any atom is -0.388 e. The van der Waals surface area contributed by atoms with Crippen molar-refractivity contribution in [2.45, 2.75) is 31.6 Å². The van der Waals surface area contributed by atoms with Gasteiger partial charge in [0.1, 0.15) is 0 Å². The molecule has 0 radical (unpaired) electrons. The van der Waals surface area contributed by atoms with Crippen molar-refractivity contribution in [1.29, 1.82) is 0 Å². The topological polar surface area (TPSA) is 20.2 Å². The molecule has 0 heterocycles. The number of benzene rings is 1. The van der Waals surface area contributed by atoms with Crippen molar-refractivity contribution in [3.63, 3.8) is 0 Å². The first-order valence-electron chi connectivity index (χ1n) is 5.18. The third-order valence-electron chi connectivity index (χ3n) is 2.35. The van der Waals surface area contributed by atoms with Crippen LogP contribution in [0.2, 0.25) is 5.02 Å². The first-order valence-corrected chi connectivity index (χ1v) is 6.61. The summed E-state index contributed by atoms with van der Waals surface area (Å²) in [6.45, 7) is 4.33. The monoisotopic (exact) mass is 244 g/mol. The van der Waals surface area contributed by atoms with Gasteiger partial charge in [0.2, 0.25) is 0 Å². The molecule has 0 bridgehead atoms. The molecule has 0 saturated carbocycles. The summed E-state index contributed by atoms with van der Waals surface area (Å²) in [5.41, 5.74) is 0.901. The van der Waals surface area contributed by atoms with Gasteiger partial charge >= 0.3 is 0 Å². The molecule has 0 aliphatic carbocycles. The predicted octanol–water partition coefficient (Wildman–Crippen LogP) is 3.91. The third-order valence-corrected chi connectivity index (χ3v) is 3.99. The first kappa shape index (κ1) is 12.9. The molecule has 2 unspecified atom stereocenters. The zero-order chi connectivity index (χ0) is 11.3. The van der Waals surface area contributed by atoms with Crippen LogP contribution < -0.4 is 0 Å². The third kappa shape index (κ3) is 4.45. The highest BCUT2D eigenvalue weighted by Gasteiger charge is 2.09. The summed E-state index contributed by atoms with van der Waals surface area (Å²) in [5.74, 6) is 0.731. The van der Waals surface area contributed by atoms with E-state index in [1.807, 2.05) is 24.3 Å². The molecule has 0 spiro atoms. The molecule has 0 aliphatic rings. The van der Waals surface area contributed by atoms with E-state index in [1.165, 1.54) is 0 Å². The molecule has 84 valence electrons. The smallest absolute Gasteiger partial charge is 0.0881 e. The van der Waals surface area contributed by atoms with E-state index in [1.54, 1.807) is 11.8 Å². The van der Waals surface area contributed by atoms with E-state index in [9.17, 15) is 5.11 Å². The van der Waals surface area contributed by atoms with E-state index in [-0.39, 0.29) is 0 Å². The standard InChI is InChI=1S/C12H17ClOS/c1-3-9(2)15-8-12(14)10-5-4-6-11(13)7-10/h4-7,9,12,14H,3,8H2,1-2H3. The van der Waals surface area contributed by atoms with Gasteiger partial charge in [0.25, 0.3) is 0 Å². The van der Waals surface area contributed by atoms with Gasteiger partial charge in [0, 0.05) is 16.0 Å². The average Bonchev–Trinajstić information content (AvgIpc) is 2.25. The van der Waals surface area contributed by atoms with Crippen LogP contribution in [0.25, 0.3) is 0 Å². The van der Waals surface area contributed by atoms with Crippen LogP contribution in [0.15, 0.2) is 24.3 Å². The summed E-state index contributed by atoms with van der Waals surface area (Å²) in [6.07, 6.45) is 0.718. The maximum atomic E-state index is 9.91. The van der Waals surface area contributed by atoms with Crippen molar-refractivity contribution in [2.75, 3.05) is 5.75 Å². The van der Waals surface area contributed by atoms with Crippen molar-refractivity contribution in [1.82, 2.24) is 0 Å². The fourth-order valence-electron chi connectivity index (χ4n) is 1.18. The van der Waals surface area contributed by atoms with Gasteiger partial charge in [0.05, 0.1) is 6.10 Å². The Bertz CT molecular complexity index is 303. The molecule has 15 heavy (non-hydrogen) atoms. The Hall–Kier alpha value is -0.180. The SMILES string of the molecule is CCC(C)SCC(O)c1cccc(Cl)c1. The van der Waals surface area contributed by atoms with Crippen LogP contribution in [0.1, 0.15) is 31.9 Å². The lowest BCUT2D eigenvalue weighted by molar-refractivity contribution is 0.204. The Morgan fingerprint density at radius 1 is 1.47 bits per heavy atom. The zero-order valence-corrected chi connectivity index (χ0v) is 10.7. The fourth-order valence-corrected chi connectivity index (χ4v) is 2.32. The molecular weight excluding hydrogens is 228 g/mol. The zero-order valence-electron chi connectivity index (χ0n) is 9.11. The van der Waals surface area contributed by atoms with Gasteiger partial charge in [-0.05, 0) is 24.1 Å². The number of thioether (sulfide) groups is 1. The Morgan fingerprint density at radius 2 is 2.20 bits per heavy atom. The molecule has 3 heteroatoms. The van der Waals surface area contributed by atoms with Gasteiger partial charge in [-0.2, -0.15) is 11.8 Å². The fraction of sp³-hybridized carbons (Fsp3) is 0.500. The first-order chi connectivity index (χ1) is 7.13. The van der Waals surface area contributed by atoms with Crippen molar-refractivity contribution in [3.8, 4) is 0 Å². The molecule has 0 aliphatic heterocycles. The van der Waals surface area contributed by atoms with Crippen molar-refractivity contribution < 1.29 is 5.11 Å². The molecule has 0 amide bonds. The molecule has 2 atom stereocenters. The second-order valence-corrected chi connectivity index (χ2v) is 5.53. The molecule has 0 aromatic heterocycles. The maximum absolute atomic E-state index is 9.91. The Labute approximate surface area is 101 Å². The minimum atomic E-state index is -0.414. The number of aliphatic hydroxyl groups is 1. The summed E-state index contributed by atoms with van der Waals surface area (Å²) < 4.78 is 0. The maximum Gasteiger partial charge on any atom is 0.0881 e. The Kier molecular flexibility index (Phi) is 5.51. The second-order valence-electron chi connectivity index (χ2n) is 3.62. The number of aliphatic hydroxyl groups excluding tert-OH is 1. The summed E-state index contributed by atoms with van der Waals surface area (Å²) in [5, 5.41) is 11.2. The molecule has 1 aromatic carbocycles. The quantitative estimate of drug-likeness (QED) is 0.848. The largest absolute Gasteiger partial charge is 0.388 e. The number of rotatable bonds is 5. The van der Waals surface area contributed by atoms with Crippen LogP contribution in [-0.4, -0.2) is 16.1 Å². The van der Waals surface area contributed by atoms with Gasteiger partial charge in [-0.1, -0.05) is 37.6 Å². The van der Waals surface area contributed by atoms with Gasteiger partial charge in [-0.3, -0.25) is 0 Å². The number of hydrogen-bond acceptors (Lipinski definition) is 2. The van der Waals surface area contributed by atoms with Gasteiger partial charge < -0.3 is 5.11 Å². The van der Waals surface area contributed by atoms with Crippen LogP contribution >= 0.6 is 23.4 Å². The lowest BCUT2D eigenvalue weighted by atomic mass is 10.1. The molecule has 0 fully saturated rings. The van der Waals surface area contributed by atoms with E-state index < -0.39 is 6.10 Å². The summed E-state index contributed by atoms with van der Waals surface area (Å²) in [6, 6.07) is 7.42. The highest BCUT2D eigenvalue weighted by Crippen LogP contribution is 2.24. The number of halogens is 1. The molecule has 1 rings (SSSR count). The Balaban J connectivity index is 2.50. The van der Waals surface area contributed by atoms with Gasteiger partial charge in [0.15, 0.2) is 0 Å². The minimum absolute atomic E-state index is 0.414. The lowest BCUT2D eigenvalue weighted by Gasteiger charge is -2.13. The van der Waals surface area contributed by atoms with Crippen LogP contribution in [0, 0.1) is 0 Å². The number of hydrogen-bond donors (Lipinski definition) is 1. The van der Waals surface area contributed by atoms with Crippen molar-refractivity contribution in [3.05, 3.63) is 34.9 Å². The Morgan fingerprint density at radius 3 is 2.80 bits per heavy atom. The van der Waals surface area contributed by atoms with Gasteiger partial charge in [-0.15, -0.1) is 0 Å². The van der Waals surface area contributed by atoms with Crippen LogP contribution in [0.5, 0.6) is 0 Å². The highest BCUT2D eigenvalue weighted by molar-refractivity contribution is 7.99. The highest BCUT2D eigenvalue weighted by atomic mass is 35.5. The van der Waals surface area contributed by atoms with Crippen molar-refractivity contribution in [2.24, 2.45) is 0 Å². The predicted molar refractivity (Wildman–Crippen MR) is 68.6 cm³/mol. The molecule has 1 aromatic rings. The van der Waals surface area contributed by atoms with E-state index in [0.717, 1.165) is 17.7 Å². The second kappa shape index (κ2) is 6.41. The van der Waals surface area contributed by atoms with Crippen molar-refractivity contribution >= 4 is 23.4 Å². The van der Waals surface area contributed by atoms with E-state index in [0.29, 0.717) is 10.3 Å². The van der Waals surface area contributed by atoms with E-state index >= 15 is 0 Å². The van der Waals surface area contributed by atoms with E-state index in [4.69, 9.17) is 11.6 Å². The van der Waals surface area contributed by atoms with E-state index in [2.05, 4.69) is 13.8 Å². The summed E-state index contributed by atoms with van der Waals surface area (Å²) >= 11 is 7.65. The summed E-state index contributed by atoms with van der Waals surface area (Å²) in [4.78, 5) is 0. The van der Waals surface area contributed by atoms with Crippen LogP contribution in [-0.2, 0) is 0 Å². The molecule has 1 N–H and O–H groups in total. The molecule has 1 nitrogen and oxygen atoms in total. The lowest BCUT2D eigenvalue weighted by Crippen LogP contribution is -2.04. The van der Waals surface area contributed by atoms with Crippen LogP contribution in [0.3, 0.4) is 0 Å². The van der Waals surface area contributed by atoms with Crippen LogP contribution in [0.4, 0.5) is 0 Å². The normalized spacial score (nSPS) is 14.9.